The number of phenolic OH excluding ortho intramolecular Hbond substituents is 1. The molecule has 7 nitrogen and oxygen atoms in total. The van der Waals surface area contributed by atoms with Gasteiger partial charge in [0.1, 0.15) is 11.4 Å². The first-order valence-corrected chi connectivity index (χ1v) is 10.3. The van der Waals surface area contributed by atoms with E-state index in [1.165, 1.54) is 6.20 Å². The molecule has 0 saturated heterocycles. The van der Waals surface area contributed by atoms with Gasteiger partial charge >= 0.3 is 5.97 Å². The van der Waals surface area contributed by atoms with Crippen LogP contribution in [-0.4, -0.2) is 27.0 Å². The molecule has 2 heterocycles. The lowest BCUT2D eigenvalue weighted by atomic mass is 9.74. The van der Waals surface area contributed by atoms with Crippen LogP contribution in [0, 0.1) is 5.92 Å². The van der Waals surface area contributed by atoms with Crippen molar-refractivity contribution >= 4 is 17.7 Å². The van der Waals surface area contributed by atoms with E-state index in [0.717, 1.165) is 11.1 Å². The average Bonchev–Trinajstić information content (AvgIpc) is 3.07. The lowest BCUT2D eigenvalue weighted by Gasteiger charge is -2.35. The summed E-state index contributed by atoms with van der Waals surface area (Å²) in [6.45, 7) is 0. The predicted molar refractivity (Wildman–Crippen MR) is 113 cm³/mol. The fraction of sp³-hybridized carbons (Fsp3) is 0.250. The third-order valence-corrected chi connectivity index (χ3v) is 6.16. The number of ether oxygens (including phenoxy) is 1. The standard InChI is InChI=1S/C24H21N3O4/c28-17-7-5-15(6-8-17)20-13-26-21(14-25-20)27-22(29)16-9-11-24(12-10-16)19-4-2-1-3-18(19)23(30)31-24/h1-8,13-14,16,28H,9-12H2,(H,26,27,29). The predicted octanol–water partition coefficient (Wildman–Crippen LogP) is 4.04. The second-order valence-corrected chi connectivity index (χ2v) is 8.03. The van der Waals surface area contributed by atoms with Crippen LogP contribution in [0.4, 0.5) is 5.82 Å². The second-order valence-electron chi connectivity index (χ2n) is 8.03. The zero-order chi connectivity index (χ0) is 21.4. The van der Waals surface area contributed by atoms with E-state index in [-0.39, 0.29) is 23.5 Å². The molecule has 2 aliphatic rings. The molecular formula is C24H21N3O4. The normalized spacial score (nSPS) is 22.1. The number of fused-ring (bicyclic) bond motifs is 2. The lowest BCUT2D eigenvalue weighted by Crippen LogP contribution is -2.36. The van der Waals surface area contributed by atoms with Crippen LogP contribution in [0.2, 0.25) is 0 Å². The smallest absolute Gasteiger partial charge is 0.339 e. The number of hydrogen-bond acceptors (Lipinski definition) is 6. The van der Waals surface area contributed by atoms with Crippen molar-refractivity contribution in [2.24, 2.45) is 5.92 Å². The molecular weight excluding hydrogens is 394 g/mol. The quantitative estimate of drug-likeness (QED) is 0.626. The van der Waals surface area contributed by atoms with Gasteiger partial charge in [-0.25, -0.2) is 9.78 Å². The van der Waals surface area contributed by atoms with E-state index in [0.29, 0.717) is 42.8 Å². The van der Waals surface area contributed by atoms with Crippen LogP contribution >= 0.6 is 0 Å². The number of carbonyl (C=O) groups is 2. The molecule has 7 heteroatoms. The Labute approximate surface area is 179 Å². The van der Waals surface area contributed by atoms with Crippen molar-refractivity contribution in [2.45, 2.75) is 31.3 Å². The van der Waals surface area contributed by atoms with E-state index < -0.39 is 5.60 Å². The third kappa shape index (κ3) is 3.52. The first-order chi connectivity index (χ1) is 15.0. The van der Waals surface area contributed by atoms with E-state index in [1.807, 2.05) is 18.2 Å². The van der Waals surface area contributed by atoms with Crippen LogP contribution in [-0.2, 0) is 15.1 Å². The summed E-state index contributed by atoms with van der Waals surface area (Å²) in [5, 5.41) is 12.2. The highest BCUT2D eigenvalue weighted by molar-refractivity contribution is 5.95. The number of esters is 1. The molecule has 1 amide bonds. The molecule has 0 unspecified atom stereocenters. The van der Waals surface area contributed by atoms with Gasteiger partial charge in [0.25, 0.3) is 0 Å². The highest BCUT2D eigenvalue weighted by Gasteiger charge is 2.48. The highest BCUT2D eigenvalue weighted by Crippen LogP contribution is 2.48. The van der Waals surface area contributed by atoms with Gasteiger partial charge in [0.15, 0.2) is 5.82 Å². The first kappa shape index (κ1) is 19.2. The summed E-state index contributed by atoms with van der Waals surface area (Å²) in [5.41, 5.74) is 2.45. The summed E-state index contributed by atoms with van der Waals surface area (Å²) in [4.78, 5) is 33.6. The minimum absolute atomic E-state index is 0.0980. The van der Waals surface area contributed by atoms with Gasteiger partial charge in [-0.1, -0.05) is 18.2 Å². The lowest BCUT2D eigenvalue weighted by molar-refractivity contribution is -0.122. The Morgan fingerprint density at radius 1 is 1.03 bits per heavy atom. The van der Waals surface area contributed by atoms with Gasteiger partial charge in [0, 0.05) is 17.0 Å². The summed E-state index contributed by atoms with van der Waals surface area (Å²) >= 11 is 0. The van der Waals surface area contributed by atoms with E-state index >= 15 is 0 Å². The molecule has 1 saturated carbocycles. The summed E-state index contributed by atoms with van der Waals surface area (Å²) in [6, 6.07) is 14.2. The number of hydrogen-bond donors (Lipinski definition) is 2. The summed E-state index contributed by atoms with van der Waals surface area (Å²) < 4.78 is 5.76. The van der Waals surface area contributed by atoms with Gasteiger partial charge in [-0.15, -0.1) is 0 Å². The maximum absolute atomic E-state index is 12.8. The van der Waals surface area contributed by atoms with Crippen molar-refractivity contribution in [1.82, 2.24) is 9.97 Å². The van der Waals surface area contributed by atoms with E-state index in [1.54, 1.807) is 36.5 Å². The maximum atomic E-state index is 12.8. The van der Waals surface area contributed by atoms with Gasteiger partial charge in [-0.05, 0) is 56.0 Å². The van der Waals surface area contributed by atoms with Crippen molar-refractivity contribution in [2.75, 3.05) is 5.32 Å². The van der Waals surface area contributed by atoms with E-state index in [4.69, 9.17) is 4.74 Å². The Hall–Kier alpha value is -3.74. The van der Waals surface area contributed by atoms with Gasteiger partial charge < -0.3 is 15.2 Å². The molecule has 0 radical (unpaired) electrons. The molecule has 0 bridgehead atoms. The van der Waals surface area contributed by atoms with Crippen molar-refractivity contribution in [1.29, 1.82) is 0 Å². The molecule has 31 heavy (non-hydrogen) atoms. The zero-order valence-electron chi connectivity index (χ0n) is 16.7. The van der Waals surface area contributed by atoms with Gasteiger partial charge in [0.2, 0.25) is 5.91 Å². The number of phenols is 1. The Kier molecular flexibility index (Phi) is 4.66. The number of aromatic hydroxyl groups is 1. The zero-order valence-corrected chi connectivity index (χ0v) is 16.7. The minimum atomic E-state index is -0.601. The number of anilines is 1. The van der Waals surface area contributed by atoms with Gasteiger partial charge in [-0.2, -0.15) is 0 Å². The maximum Gasteiger partial charge on any atom is 0.339 e. The molecule has 1 fully saturated rings. The van der Waals surface area contributed by atoms with Crippen molar-refractivity contribution in [3.63, 3.8) is 0 Å². The fourth-order valence-corrected chi connectivity index (χ4v) is 4.47. The number of benzene rings is 2. The second kappa shape index (κ2) is 7.50. The number of amides is 1. The van der Waals surface area contributed by atoms with Crippen LogP contribution in [0.25, 0.3) is 11.3 Å². The monoisotopic (exact) mass is 415 g/mol. The van der Waals surface area contributed by atoms with Crippen LogP contribution in [0.1, 0.15) is 41.6 Å². The molecule has 1 aliphatic carbocycles. The number of nitrogens with one attached hydrogen (secondary N) is 1. The summed E-state index contributed by atoms with van der Waals surface area (Å²) in [5.74, 6) is 0.0356. The topological polar surface area (TPSA) is 101 Å². The first-order valence-electron chi connectivity index (χ1n) is 10.3. The molecule has 156 valence electrons. The fourth-order valence-electron chi connectivity index (χ4n) is 4.47. The Morgan fingerprint density at radius 2 is 1.77 bits per heavy atom. The largest absolute Gasteiger partial charge is 0.508 e. The summed E-state index contributed by atoms with van der Waals surface area (Å²) in [7, 11) is 0. The van der Waals surface area contributed by atoms with Crippen molar-refractivity contribution in [3.05, 3.63) is 72.1 Å². The SMILES string of the molecule is O=C1OC2(CCC(C(=O)Nc3cnc(-c4ccc(O)cc4)cn3)CC2)c2ccccc21. The van der Waals surface area contributed by atoms with Crippen LogP contribution in [0.3, 0.4) is 0 Å². The number of carbonyl (C=O) groups excluding carboxylic acids is 2. The molecule has 2 N–H and O–H groups in total. The van der Waals surface area contributed by atoms with Crippen LogP contribution in [0.5, 0.6) is 5.75 Å². The molecule has 0 atom stereocenters. The number of nitrogens with zero attached hydrogens (tertiary/aromatic N) is 2. The van der Waals surface area contributed by atoms with E-state index in [9.17, 15) is 14.7 Å². The molecule has 2 aromatic carbocycles. The molecule has 1 aromatic heterocycles. The molecule has 5 rings (SSSR count). The molecule has 1 spiro atoms. The summed E-state index contributed by atoms with van der Waals surface area (Å²) in [6.07, 6.45) is 5.63. The van der Waals surface area contributed by atoms with Crippen LogP contribution < -0.4 is 5.32 Å². The third-order valence-electron chi connectivity index (χ3n) is 6.16. The van der Waals surface area contributed by atoms with Crippen LogP contribution in [0.15, 0.2) is 60.9 Å². The van der Waals surface area contributed by atoms with Gasteiger partial charge in [0.05, 0.1) is 23.7 Å². The van der Waals surface area contributed by atoms with Crippen molar-refractivity contribution < 1.29 is 19.4 Å². The Bertz CT molecular complexity index is 1130. The van der Waals surface area contributed by atoms with Gasteiger partial charge in [-0.3, -0.25) is 9.78 Å². The number of rotatable bonds is 3. The number of aromatic nitrogens is 2. The van der Waals surface area contributed by atoms with Crippen molar-refractivity contribution in [3.8, 4) is 17.0 Å². The average molecular weight is 415 g/mol. The van der Waals surface area contributed by atoms with E-state index in [2.05, 4.69) is 15.3 Å². The minimum Gasteiger partial charge on any atom is -0.508 e. The Morgan fingerprint density at radius 3 is 2.48 bits per heavy atom. The Balaban J connectivity index is 1.23. The highest BCUT2D eigenvalue weighted by atomic mass is 16.6. The molecule has 3 aromatic rings. The molecule has 1 aliphatic heterocycles.